The summed E-state index contributed by atoms with van der Waals surface area (Å²) in [5, 5.41) is 11.6. The summed E-state index contributed by atoms with van der Waals surface area (Å²) in [4.78, 5) is 49.5. The number of pyridine rings is 1. The Morgan fingerprint density at radius 1 is 1.15 bits per heavy atom. The third kappa shape index (κ3) is 6.22. The van der Waals surface area contributed by atoms with Gasteiger partial charge in [0.05, 0.1) is 12.1 Å². The Labute approximate surface area is 236 Å². The zero-order chi connectivity index (χ0) is 28.2. The van der Waals surface area contributed by atoms with E-state index in [4.69, 9.17) is 0 Å². The maximum Gasteiger partial charge on any atom is 0.304 e. The van der Waals surface area contributed by atoms with Gasteiger partial charge in [0.25, 0.3) is 0 Å². The highest BCUT2D eigenvalue weighted by Gasteiger charge is 2.31. The first-order valence-corrected chi connectivity index (χ1v) is 14.7. The van der Waals surface area contributed by atoms with E-state index < -0.39 is 17.7 Å². The van der Waals surface area contributed by atoms with E-state index in [1.165, 1.54) is 28.4 Å². The highest BCUT2D eigenvalue weighted by atomic mass is 32.1. The van der Waals surface area contributed by atoms with E-state index in [2.05, 4.69) is 9.97 Å². The molecule has 3 heterocycles. The van der Waals surface area contributed by atoms with Crippen molar-refractivity contribution in [2.24, 2.45) is 11.8 Å². The molecular formula is C30H33FN4O4S. The quantitative estimate of drug-likeness (QED) is 0.334. The first-order chi connectivity index (χ1) is 19.3. The molecule has 0 bridgehead atoms. The first kappa shape index (κ1) is 27.9. The number of carbonyl (C=O) groups is 3. The van der Waals surface area contributed by atoms with Gasteiger partial charge in [0.2, 0.25) is 11.8 Å². The molecule has 1 aliphatic carbocycles. The van der Waals surface area contributed by atoms with Gasteiger partial charge in [-0.15, -0.1) is 11.3 Å². The second kappa shape index (κ2) is 12.2. The van der Waals surface area contributed by atoms with Crippen LogP contribution in [0.5, 0.6) is 0 Å². The monoisotopic (exact) mass is 564 g/mol. The molecule has 1 saturated heterocycles. The smallest absolute Gasteiger partial charge is 0.304 e. The van der Waals surface area contributed by atoms with E-state index in [1.807, 2.05) is 6.07 Å². The molecule has 2 aromatic heterocycles. The molecule has 2 fully saturated rings. The number of hydrogen-bond acceptors (Lipinski definition) is 6. The minimum absolute atomic E-state index is 0.0662. The lowest BCUT2D eigenvalue weighted by Crippen LogP contribution is -2.35. The van der Waals surface area contributed by atoms with Gasteiger partial charge < -0.3 is 5.11 Å². The van der Waals surface area contributed by atoms with Gasteiger partial charge >= 0.3 is 5.97 Å². The van der Waals surface area contributed by atoms with Crippen LogP contribution in [0.1, 0.15) is 57.8 Å². The summed E-state index contributed by atoms with van der Waals surface area (Å²) in [5.74, 6) is -1.24. The minimum Gasteiger partial charge on any atom is -0.481 e. The summed E-state index contributed by atoms with van der Waals surface area (Å²) in [6.45, 7) is 0.648. The van der Waals surface area contributed by atoms with Crippen LogP contribution < -0.4 is 9.80 Å². The number of piperidine rings is 1. The number of aromatic nitrogens is 2. The van der Waals surface area contributed by atoms with Crippen molar-refractivity contribution in [3.63, 3.8) is 0 Å². The van der Waals surface area contributed by atoms with Crippen LogP contribution in [0, 0.1) is 17.7 Å². The highest BCUT2D eigenvalue weighted by molar-refractivity contribution is 7.14. The predicted octanol–water partition coefficient (Wildman–Crippen LogP) is 6.16. The molecular weight excluding hydrogens is 531 g/mol. The second-order valence-corrected chi connectivity index (χ2v) is 11.5. The summed E-state index contributed by atoms with van der Waals surface area (Å²) in [6, 6.07) is 8.13. The van der Waals surface area contributed by atoms with E-state index in [0.29, 0.717) is 47.5 Å². The van der Waals surface area contributed by atoms with Crippen LogP contribution in [-0.2, 0) is 14.4 Å². The normalized spacial score (nSPS) is 16.8. The Bertz CT molecular complexity index is 1390. The maximum absolute atomic E-state index is 14.4. The van der Waals surface area contributed by atoms with Gasteiger partial charge in [0.15, 0.2) is 5.13 Å². The lowest BCUT2D eigenvalue weighted by Gasteiger charge is -2.25. The largest absolute Gasteiger partial charge is 0.481 e. The van der Waals surface area contributed by atoms with Crippen molar-refractivity contribution in [3.8, 4) is 22.4 Å². The number of carboxylic acids is 1. The van der Waals surface area contributed by atoms with Gasteiger partial charge in [0, 0.05) is 48.6 Å². The van der Waals surface area contributed by atoms with Crippen molar-refractivity contribution >= 4 is 40.1 Å². The topological polar surface area (TPSA) is 104 Å². The number of thiazole rings is 1. The van der Waals surface area contributed by atoms with Crippen LogP contribution >= 0.6 is 11.3 Å². The average Bonchev–Trinajstić information content (AvgIpc) is 3.65. The van der Waals surface area contributed by atoms with Crippen molar-refractivity contribution in [3.05, 3.63) is 47.7 Å². The number of nitrogens with zero attached hydrogens (tertiary/aromatic N) is 4. The number of amides is 2. The average molecular weight is 565 g/mol. The standard InChI is InChI=1S/C30H33FN4O4S/c1-34(29(39)21(15-28(37)38)14-19-6-2-3-7-19)30-33-25(18-40-30)24-16-22(31)10-11-23(24)20-9-12-26(32-17-20)35-13-5-4-8-27(35)36/h9-12,16-19,21H,2-8,13-15H2,1H3,(H,37,38)/t21-/m1/s1. The lowest BCUT2D eigenvalue weighted by molar-refractivity contribution is -0.140. The van der Waals surface area contributed by atoms with E-state index in [9.17, 15) is 23.9 Å². The predicted molar refractivity (Wildman–Crippen MR) is 153 cm³/mol. The van der Waals surface area contributed by atoms with Gasteiger partial charge in [-0.25, -0.2) is 14.4 Å². The summed E-state index contributed by atoms with van der Waals surface area (Å²) < 4.78 is 14.4. The molecule has 10 heteroatoms. The van der Waals surface area contributed by atoms with Crippen LogP contribution in [0.2, 0.25) is 0 Å². The van der Waals surface area contributed by atoms with Crippen molar-refractivity contribution < 1.29 is 23.9 Å². The molecule has 2 aliphatic rings. The molecule has 5 rings (SSSR count). The molecule has 0 unspecified atom stereocenters. The summed E-state index contributed by atoms with van der Waals surface area (Å²) >= 11 is 1.26. The van der Waals surface area contributed by atoms with E-state index in [1.54, 1.807) is 35.7 Å². The third-order valence-corrected chi connectivity index (χ3v) is 8.81. The molecule has 40 heavy (non-hydrogen) atoms. The molecule has 0 radical (unpaired) electrons. The Balaban J connectivity index is 1.38. The Morgan fingerprint density at radius 3 is 2.65 bits per heavy atom. The molecule has 1 aromatic carbocycles. The molecule has 210 valence electrons. The number of anilines is 2. The van der Waals surface area contributed by atoms with Crippen LogP contribution in [0.25, 0.3) is 22.4 Å². The number of carbonyl (C=O) groups excluding carboxylic acids is 2. The van der Waals surface area contributed by atoms with E-state index in [-0.39, 0.29) is 18.2 Å². The van der Waals surface area contributed by atoms with Gasteiger partial charge in [-0.2, -0.15) is 0 Å². The second-order valence-electron chi connectivity index (χ2n) is 10.7. The van der Waals surface area contributed by atoms with E-state index in [0.717, 1.165) is 49.7 Å². The van der Waals surface area contributed by atoms with Crippen LogP contribution in [0.4, 0.5) is 15.3 Å². The van der Waals surface area contributed by atoms with Gasteiger partial charge in [-0.3, -0.25) is 24.2 Å². The zero-order valence-corrected chi connectivity index (χ0v) is 23.3. The summed E-state index contributed by atoms with van der Waals surface area (Å²) in [5.41, 5.74) is 2.54. The molecule has 0 spiro atoms. The molecule has 1 N–H and O–H groups in total. The van der Waals surface area contributed by atoms with Crippen LogP contribution in [-0.4, -0.2) is 46.5 Å². The Morgan fingerprint density at radius 2 is 1.95 bits per heavy atom. The van der Waals surface area contributed by atoms with Gasteiger partial charge in [-0.05, 0) is 55.0 Å². The number of carboxylic acid groups (broad SMARTS) is 1. The molecule has 8 nitrogen and oxygen atoms in total. The third-order valence-electron chi connectivity index (χ3n) is 7.89. The number of halogens is 1. The number of aliphatic carboxylic acids is 1. The van der Waals surface area contributed by atoms with Gasteiger partial charge in [0.1, 0.15) is 11.6 Å². The maximum atomic E-state index is 14.4. The molecule has 1 atom stereocenters. The van der Waals surface area contributed by atoms with Crippen LogP contribution in [0.3, 0.4) is 0 Å². The minimum atomic E-state index is -0.988. The van der Waals surface area contributed by atoms with Crippen molar-refractivity contribution in [2.75, 3.05) is 23.4 Å². The fourth-order valence-corrected chi connectivity index (χ4v) is 6.57. The fraction of sp³-hybridized carbons (Fsp3) is 0.433. The number of benzene rings is 1. The molecule has 2 amide bonds. The molecule has 1 aliphatic heterocycles. The van der Waals surface area contributed by atoms with Gasteiger partial charge in [-0.1, -0.05) is 31.7 Å². The van der Waals surface area contributed by atoms with Crippen molar-refractivity contribution in [2.45, 2.75) is 57.8 Å². The van der Waals surface area contributed by atoms with Crippen molar-refractivity contribution in [1.82, 2.24) is 9.97 Å². The Kier molecular flexibility index (Phi) is 8.54. The lowest BCUT2D eigenvalue weighted by atomic mass is 9.90. The number of hydrogen-bond donors (Lipinski definition) is 1. The molecule has 3 aromatic rings. The summed E-state index contributed by atoms with van der Waals surface area (Å²) in [7, 11) is 1.62. The fourth-order valence-electron chi connectivity index (χ4n) is 5.77. The van der Waals surface area contributed by atoms with Crippen LogP contribution in [0.15, 0.2) is 41.9 Å². The summed E-state index contributed by atoms with van der Waals surface area (Å²) in [6.07, 6.45) is 8.68. The zero-order valence-electron chi connectivity index (χ0n) is 22.5. The highest BCUT2D eigenvalue weighted by Crippen LogP contribution is 2.37. The Hall–Kier alpha value is -3.66. The number of rotatable bonds is 9. The SMILES string of the molecule is CN(C(=O)[C@@H](CC(=O)O)CC1CCCC1)c1nc(-c2cc(F)ccc2-c2ccc(N3CCCCC3=O)nc2)cs1. The van der Waals surface area contributed by atoms with Crippen molar-refractivity contribution in [1.29, 1.82) is 0 Å². The molecule has 1 saturated carbocycles. The first-order valence-electron chi connectivity index (χ1n) is 13.8. The van der Waals surface area contributed by atoms with E-state index >= 15 is 0 Å².